The van der Waals surface area contributed by atoms with Gasteiger partial charge >= 0.3 is 5.69 Å². The molecule has 1 atom stereocenters. The molecule has 1 aliphatic heterocycles. The monoisotopic (exact) mass is 319 g/mol. The van der Waals surface area contributed by atoms with Crippen LogP contribution in [0.1, 0.15) is 12.8 Å². The van der Waals surface area contributed by atoms with Crippen LogP contribution in [0.5, 0.6) is 0 Å². The topological polar surface area (TPSA) is 90.1 Å². The molecule has 2 aromatic rings. The van der Waals surface area contributed by atoms with Gasteiger partial charge in [-0.25, -0.2) is 4.79 Å². The van der Waals surface area contributed by atoms with Crippen LogP contribution in [0, 0.1) is 0 Å². The van der Waals surface area contributed by atoms with Crippen LogP contribution in [0.3, 0.4) is 0 Å². The van der Waals surface area contributed by atoms with Crippen LogP contribution in [0.25, 0.3) is 11.0 Å². The molecule has 0 spiro atoms. The van der Waals surface area contributed by atoms with E-state index in [1.54, 1.807) is 23.9 Å². The van der Waals surface area contributed by atoms with E-state index < -0.39 is 5.69 Å². The summed E-state index contributed by atoms with van der Waals surface area (Å²) < 4.78 is 4.11. The van der Waals surface area contributed by atoms with Crippen molar-refractivity contribution in [1.82, 2.24) is 24.3 Å². The molecule has 1 saturated heterocycles. The van der Waals surface area contributed by atoms with Crippen molar-refractivity contribution in [1.29, 1.82) is 0 Å². The Morgan fingerprint density at radius 1 is 1.35 bits per heavy atom. The lowest BCUT2D eigenvalue weighted by atomic mass is 10.1. The van der Waals surface area contributed by atoms with Crippen LogP contribution in [0.4, 0.5) is 0 Å². The second-order valence-corrected chi connectivity index (χ2v) is 6.00. The van der Waals surface area contributed by atoms with Crippen LogP contribution in [-0.2, 0) is 25.4 Å². The minimum Gasteiger partial charge on any atom is -0.351 e. The Kier molecular flexibility index (Phi) is 4.08. The molecule has 0 aromatic carbocycles. The Balaban J connectivity index is 1.87. The zero-order valence-electron chi connectivity index (χ0n) is 13.3. The molecule has 3 heterocycles. The molecule has 0 aliphatic carbocycles. The smallest absolute Gasteiger partial charge is 0.332 e. The number of hydrogen-bond donors (Lipinski definition) is 2. The van der Waals surface area contributed by atoms with E-state index in [9.17, 15) is 14.4 Å². The van der Waals surface area contributed by atoms with E-state index in [4.69, 9.17) is 0 Å². The number of nitrogens with zero attached hydrogens (tertiary/aromatic N) is 3. The lowest BCUT2D eigenvalue weighted by molar-refractivity contribution is -0.122. The normalized spacial score (nSPS) is 18.3. The molecule has 3 rings (SSSR count). The van der Waals surface area contributed by atoms with Gasteiger partial charge in [0.1, 0.15) is 12.2 Å². The summed E-state index contributed by atoms with van der Waals surface area (Å²) in [6, 6.07) is 1.78. The van der Waals surface area contributed by atoms with Gasteiger partial charge in [-0.1, -0.05) is 0 Å². The molecule has 0 bridgehead atoms. The van der Waals surface area contributed by atoms with Gasteiger partial charge in [0.25, 0.3) is 5.56 Å². The molecule has 0 radical (unpaired) electrons. The van der Waals surface area contributed by atoms with Crippen molar-refractivity contribution in [2.24, 2.45) is 14.1 Å². The number of fused-ring (bicyclic) bond motifs is 1. The maximum Gasteiger partial charge on any atom is 0.332 e. The van der Waals surface area contributed by atoms with Gasteiger partial charge < -0.3 is 15.2 Å². The summed E-state index contributed by atoms with van der Waals surface area (Å²) in [6.07, 6.45) is 3.68. The van der Waals surface area contributed by atoms with Crippen molar-refractivity contribution < 1.29 is 4.79 Å². The molecule has 1 amide bonds. The summed E-state index contributed by atoms with van der Waals surface area (Å²) in [4.78, 5) is 36.4. The van der Waals surface area contributed by atoms with Gasteiger partial charge in [0, 0.05) is 32.9 Å². The average molecular weight is 319 g/mol. The third-order valence-corrected chi connectivity index (χ3v) is 4.34. The first-order chi connectivity index (χ1) is 11.0. The van der Waals surface area contributed by atoms with Gasteiger partial charge in [0.05, 0.1) is 5.39 Å². The molecule has 0 saturated carbocycles. The number of aryl methyl sites for hydroxylation is 1. The maximum atomic E-state index is 12.2. The second-order valence-electron chi connectivity index (χ2n) is 6.00. The first-order valence-corrected chi connectivity index (χ1v) is 7.74. The highest BCUT2D eigenvalue weighted by Crippen LogP contribution is 2.09. The van der Waals surface area contributed by atoms with Gasteiger partial charge in [-0.15, -0.1) is 0 Å². The van der Waals surface area contributed by atoms with E-state index >= 15 is 0 Å². The third-order valence-electron chi connectivity index (χ3n) is 4.34. The molecular formula is C15H21N5O3. The van der Waals surface area contributed by atoms with Gasteiger partial charge in [0.15, 0.2) is 0 Å². The third kappa shape index (κ3) is 2.81. The standard InChI is InChI=1S/C15H21N5O3/c1-18-13-11(14(22)19(2)15(18)23)5-7-20(13)9-12(21)17-10-4-3-6-16-8-10/h5,7,10,16H,3-4,6,8-9H2,1-2H3,(H,17,21)/t10-/m0/s1. The molecule has 8 heteroatoms. The van der Waals surface area contributed by atoms with E-state index in [-0.39, 0.29) is 24.1 Å². The number of aromatic nitrogens is 3. The first kappa shape index (κ1) is 15.5. The highest BCUT2D eigenvalue weighted by Gasteiger charge is 2.17. The van der Waals surface area contributed by atoms with E-state index in [1.165, 1.54) is 11.6 Å². The Hall–Kier alpha value is -2.35. The number of carbonyl (C=O) groups excluding carboxylic acids is 1. The second kappa shape index (κ2) is 6.04. The van der Waals surface area contributed by atoms with Crippen LogP contribution in [0.15, 0.2) is 21.9 Å². The lowest BCUT2D eigenvalue weighted by Gasteiger charge is -2.24. The maximum absolute atomic E-state index is 12.2. The fourth-order valence-corrected chi connectivity index (χ4v) is 3.12. The lowest BCUT2D eigenvalue weighted by Crippen LogP contribution is -2.46. The first-order valence-electron chi connectivity index (χ1n) is 7.74. The van der Waals surface area contributed by atoms with Crippen molar-refractivity contribution >= 4 is 16.9 Å². The molecule has 0 unspecified atom stereocenters. The van der Waals surface area contributed by atoms with Crippen LogP contribution in [-0.4, -0.2) is 38.7 Å². The highest BCUT2D eigenvalue weighted by molar-refractivity contribution is 5.80. The van der Waals surface area contributed by atoms with Crippen molar-refractivity contribution in [2.45, 2.75) is 25.4 Å². The van der Waals surface area contributed by atoms with E-state index in [1.807, 2.05) is 0 Å². The van der Waals surface area contributed by atoms with Crippen LogP contribution < -0.4 is 21.9 Å². The number of amides is 1. The number of carbonyl (C=O) groups is 1. The van der Waals surface area contributed by atoms with Gasteiger partial charge in [-0.05, 0) is 25.5 Å². The zero-order valence-corrected chi connectivity index (χ0v) is 13.3. The number of hydrogen-bond acceptors (Lipinski definition) is 4. The SMILES string of the molecule is Cn1c(=O)c2ccn(CC(=O)N[C@H]3CCCNC3)c2n(C)c1=O. The molecular weight excluding hydrogens is 298 g/mol. The summed E-state index contributed by atoms with van der Waals surface area (Å²) in [5.41, 5.74) is -0.284. The van der Waals surface area contributed by atoms with E-state index in [0.717, 1.165) is 30.5 Å². The Labute approximate surface area is 132 Å². The quantitative estimate of drug-likeness (QED) is 0.752. The summed E-state index contributed by atoms with van der Waals surface area (Å²) in [7, 11) is 3.05. The molecule has 1 aliphatic rings. The Bertz CT molecular complexity index is 854. The van der Waals surface area contributed by atoms with Crippen molar-refractivity contribution in [2.75, 3.05) is 13.1 Å². The average Bonchev–Trinajstić information content (AvgIpc) is 2.95. The molecule has 1 fully saturated rings. The number of piperidine rings is 1. The molecule has 8 nitrogen and oxygen atoms in total. The fourth-order valence-electron chi connectivity index (χ4n) is 3.12. The summed E-state index contributed by atoms with van der Waals surface area (Å²) in [5.74, 6) is -0.121. The van der Waals surface area contributed by atoms with E-state index in [2.05, 4.69) is 10.6 Å². The molecule has 2 N–H and O–H groups in total. The Morgan fingerprint density at radius 2 is 2.13 bits per heavy atom. The van der Waals surface area contributed by atoms with E-state index in [0.29, 0.717) is 11.0 Å². The van der Waals surface area contributed by atoms with Crippen LogP contribution in [0.2, 0.25) is 0 Å². The minimum atomic E-state index is -0.403. The number of rotatable bonds is 3. The highest BCUT2D eigenvalue weighted by atomic mass is 16.2. The number of nitrogens with one attached hydrogen (secondary N) is 2. The minimum absolute atomic E-state index is 0.0838. The summed E-state index contributed by atoms with van der Waals surface area (Å²) in [6.45, 7) is 1.84. The van der Waals surface area contributed by atoms with Gasteiger partial charge in [0.2, 0.25) is 5.91 Å². The summed E-state index contributed by atoms with van der Waals surface area (Å²) >= 11 is 0. The predicted octanol–water partition coefficient (Wildman–Crippen LogP) is -1.09. The van der Waals surface area contributed by atoms with Crippen molar-refractivity contribution in [3.05, 3.63) is 33.1 Å². The van der Waals surface area contributed by atoms with Gasteiger partial charge in [-0.3, -0.25) is 18.7 Å². The zero-order chi connectivity index (χ0) is 16.6. The molecule has 124 valence electrons. The van der Waals surface area contributed by atoms with Crippen LogP contribution >= 0.6 is 0 Å². The van der Waals surface area contributed by atoms with Crippen molar-refractivity contribution in [3.63, 3.8) is 0 Å². The van der Waals surface area contributed by atoms with Crippen molar-refractivity contribution in [3.8, 4) is 0 Å². The fraction of sp³-hybridized carbons (Fsp3) is 0.533. The Morgan fingerprint density at radius 3 is 2.83 bits per heavy atom. The largest absolute Gasteiger partial charge is 0.351 e. The summed E-state index contributed by atoms with van der Waals surface area (Å²) in [5, 5.41) is 6.67. The van der Waals surface area contributed by atoms with Gasteiger partial charge in [-0.2, -0.15) is 0 Å². The predicted molar refractivity (Wildman–Crippen MR) is 86.5 cm³/mol. The molecule has 23 heavy (non-hydrogen) atoms. The molecule has 2 aromatic heterocycles.